The molecule has 12 heteroatoms. The van der Waals surface area contributed by atoms with Crippen molar-refractivity contribution in [2.24, 2.45) is 0 Å². The summed E-state index contributed by atoms with van der Waals surface area (Å²) in [6.07, 6.45) is 2.30. The molecule has 1 aliphatic carbocycles. The second-order valence-corrected chi connectivity index (χ2v) is 10.1. The largest absolute Gasteiger partial charge is 0.501 e. The van der Waals surface area contributed by atoms with Crippen molar-refractivity contribution >= 4 is 38.4 Å². The molecule has 1 spiro atoms. The number of carbonyl (C=O) groups is 2. The molecular weight excluding hydrogens is 478 g/mol. The number of nitrogens with zero attached hydrogens (tertiary/aromatic N) is 3. The Morgan fingerprint density at radius 1 is 1.00 bits per heavy atom. The van der Waals surface area contributed by atoms with Crippen molar-refractivity contribution in [3.8, 4) is 0 Å². The van der Waals surface area contributed by atoms with E-state index < -0.39 is 43.5 Å². The van der Waals surface area contributed by atoms with Crippen LogP contribution < -0.4 is 4.90 Å². The van der Waals surface area contributed by atoms with Gasteiger partial charge in [0.25, 0.3) is 15.7 Å². The van der Waals surface area contributed by atoms with Crippen LogP contribution in [0.5, 0.6) is 0 Å². The first-order valence-electron chi connectivity index (χ1n) is 10.1. The van der Waals surface area contributed by atoms with Crippen LogP contribution >= 0.6 is 0 Å². The van der Waals surface area contributed by atoms with E-state index in [9.17, 15) is 35.6 Å². The number of rotatable bonds is 4. The number of pyridine rings is 1. The summed E-state index contributed by atoms with van der Waals surface area (Å²) >= 11 is 0. The third-order valence-corrected chi connectivity index (χ3v) is 7.60. The number of sulfone groups is 1. The minimum Gasteiger partial charge on any atom is -0.305 e. The predicted octanol–water partition coefficient (Wildman–Crippen LogP) is 4.17. The summed E-state index contributed by atoms with van der Waals surface area (Å²) in [5.41, 5.74) is -5.53. The van der Waals surface area contributed by atoms with E-state index in [4.69, 9.17) is 0 Å². The van der Waals surface area contributed by atoms with Crippen LogP contribution in [0.15, 0.2) is 59.6 Å². The lowest BCUT2D eigenvalue weighted by Crippen LogP contribution is -2.36. The Morgan fingerprint density at radius 3 is 2.29 bits per heavy atom. The van der Waals surface area contributed by atoms with Crippen LogP contribution in [-0.2, 0) is 21.2 Å². The molecule has 0 N–H and O–H groups in total. The summed E-state index contributed by atoms with van der Waals surface area (Å²) in [5, 5.41) is 0.485. The van der Waals surface area contributed by atoms with Gasteiger partial charge < -0.3 is 4.90 Å². The van der Waals surface area contributed by atoms with Gasteiger partial charge in [0.15, 0.2) is 0 Å². The Balaban J connectivity index is 1.48. The number of aromatic nitrogens is 1. The molecule has 0 bridgehead atoms. The number of amides is 3. The van der Waals surface area contributed by atoms with Gasteiger partial charge in [-0.1, -0.05) is 0 Å². The highest BCUT2D eigenvalue weighted by Gasteiger charge is 2.65. The van der Waals surface area contributed by atoms with Gasteiger partial charge >= 0.3 is 11.5 Å². The number of benzene rings is 2. The highest BCUT2D eigenvalue weighted by molar-refractivity contribution is 7.92. The van der Waals surface area contributed by atoms with E-state index in [1.807, 2.05) is 0 Å². The monoisotopic (exact) mass is 493 g/mol. The molecule has 7 nitrogen and oxygen atoms in total. The van der Waals surface area contributed by atoms with Crippen molar-refractivity contribution in [3.05, 3.63) is 66.1 Å². The standard InChI is InChI=1S/C22H15F4N3O4S/c23-14-1-6-18-17(11-14)13(7-10-27-18)12-28-20(31)29(19(30)21(28)8-9-21)15-2-4-16(5-3-15)34(32,33)22(24,25)26/h1-7,10-11H,8-9,12H2. The second kappa shape index (κ2) is 7.23. The second-order valence-electron chi connectivity index (χ2n) is 8.12. The van der Waals surface area contributed by atoms with Gasteiger partial charge in [0.05, 0.1) is 16.1 Å². The summed E-state index contributed by atoms with van der Waals surface area (Å²) in [5.74, 6) is -1.03. The van der Waals surface area contributed by atoms with E-state index >= 15 is 0 Å². The van der Waals surface area contributed by atoms with Gasteiger partial charge in [0.1, 0.15) is 11.4 Å². The number of anilines is 1. The topological polar surface area (TPSA) is 87.7 Å². The zero-order chi connectivity index (χ0) is 24.5. The first-order chi connectivity index (χ1) is 16.0. The van der Waals surface area contributed by atoms with Gasteiger partial charge in [-0.05, 0) is 66.9 Å². The highest BCUT2D eigenvalue weighted by Crippen LogP contribution is 2.50. The van der Waals surface area contributed by atoms with Crippen molar-refractivity contribution in [2.45, 2.75) is 35.3 Å². The molecule has 176 valence electrons. The van der Waals surface area contributed by atoms with E-state index in [0.29, 0.717) is 41.4 Å². The molecular formula is C22H15F4N3O4S. The fourth-order valence-corrected chi connectivity index (χ4v) is 4.92. The van der Waals surface area contributed by atoms with Crippen molar-refractivity contribution in [2.75, 3.05) is 4.90 Å². The Kier molecular flexibility index (Phi) is 4.73. The Hall–Kier alpha value is -3.54. The van der Waals surface area contributed by atoms with E-state index in [-0.39, 0.29) is 12.2 Å². The Bertz CT molecular complexity index is 1450. The molecule has 1 aliphatic heterocycles. The van der Waals surface area contributed by atoms with Gasteiger partial charge in [-0.15, -0.1) is 0 Å². The van der Waals surface area contributed by atoms with Crippen LogP contribution in [0.1, 0.15) is 18.4 Å². The van der Waals surface area contributed by atoms with Crippen LogP contribution in [0, 0.1) is 5.82 Å². The first-order valence-corrected chi connectivity index (χ1v) is 11.5. The molecule has 1 saturated heterocycles. The predicted molar refractivity (Wildman–Crippen MR) is 112 cm³/mol. The molecule has 3 amide bonds. The lowest BCUT2D eigenvalue weighted by molar-refractivity contribution is -0.120. The number of hydrogen-bond acceptors (Lipinski definition) is 5. The molecule has 0 radical (unpaired) electrons. The Morgan fingerprint density at radius 2 is 1.68 bits per heavy atom. The number of fused-ring (bicyclic) bond motifs is 1. The zero-order valence-electron chi connectivity index (χ0n) is 17.2. The molecule has 2 aromatic carbocycles. The van der Waals surface area contributed by atoms with Crippen LogP contribution in [0.2, 0.25) is 0 Å². The fraction of sp³-hybridized carbons (Fsp3) is 0.227. The highest BCUT2D eigenvalue weighted by atomic mass is 32.2. The molecule has 3 aromatic rings. The van der Waals surface area contributed by atoms with Gasteiger partial charge in [0.2, 0.25) is 0 Å². The average Bonchev–Trinajstić information content (AvgIpc) is 3.55. The average molecular weight is 493 g/mol. The number of halogens is 4. The number of hydrogen-bond donors (Lipinski definition) is 0. The molecule has 5 rings (SSSR count). The number of carbonyl (C=O) groups excluding carboxylic acids is 2. The fourth-order valence-electron chi connectivity index (χ4n) is 4.15. The molecule has 2 aliphatic rings. The summed E-state index contributed by atoms with van der Waals surface area (Å²) in [6.45, 7) is -0.00984. The van der Waals surface area contributed by atoms with Crippen molar-refractivity contribution < 1.29 is 35.6 Å². The molecule has 2 heterocycles. The van der Waals surface area contributed by atoms with Crippen molar-refractivity contribution in [1.82, 2.24) is 9.88 Å². The summed E-state index contributed by atoms with van der Waals surface area (Å²) in [6, 6.07) is 8.37. The normalized spacial score (nSPS) is 17.8. The molecule has 1 aromatic heterocycles. The molecule has 0 unspecified atom stereocenters. The number of urea groups is 1. The Labute approximate surface area is 190 Å². The quantitative estimate of drug-likeness (QED) is 0.402. The van der Waals surface area contributed by atoms with Gasteiger partial charge in [-0.25, -0.2) is 22.5 Å². The molecule has 2 fully saturated rings. The first kappa shape index (κ1) is 22.3. The lowest BCUT2D eigenvalue weighted by Gasteiger charge is -2.22. The maximum absolute atomic E-state index is 13.8. The third kappa shape index (κ3) is 3.23. The third-order valence-electron chi connectivity index (χ3n) is 6.10. The van der Waals surface area contributed by atoms with E-state index in [0.717, 1.165) is 17.0 Å². The minimum absolute atomic E-state index is 0.00984. The van der Waals surface area contributed by atoms with Crippen LogP contribution in [-0.4, -0.2) is 41.3 Å². The van der Waals surface area contributed by atoms with E-state index in [1.165, 1.54) is 29.3 Å². The van der Waals surface area contributed by atoms with Gasteiger partial charge in [0, 0.05) is 18.1 Å². The van der Waals surface area contributed by atoms with Gasteiger partial charge in [-0.3, -0.25) is 9.78 Å². The minimum atomic E-state index is -5.57. The van der Waals surface area contributed by atoms with E-state index in [1.54, 1.807) is 6.07 Å². The summed E-state index contributed by atoms with van der Waals surface area (Å²) in [4.78, 5) is 31.8. The van der Waals surface area contributed by atoms with Gasteiger partial charge in [-0.2, -0.15) is 13.2 Å². The maximum Gasteiger partial charge on any atom is 0.501 e. The SMILES string of the molecule is O=C1N(c2ccc(S(=O)(=O)C(F)(F)F)cc2)C(=O)C2(CC2)N1Cc1ccnc2ccc(F)cc12. The lowest BCUT2D eigenvalue weighted by atomic mass is 10.1. The maximum atomic E-state index is 13.8. The van der Waals surface area contributed by atoms with E-state index in [2.05, 4.69) is 4.98 Å². The van der Waals surface area contributed by atoms with Crippen LogP contribution in [0.25, 0.3) is 10.9 Å². The van der Waals surface area contributed by atoms with Crippen molar-refractivity contribution in [1.29, 1.82) is 0 Å². The van der Waals surface area contributed by atoms with Crippen molar-refractivity contribution in [3.63, 3.8) is 0 Å². The smallest absolute Gasteiger partial charge is 0.305 e. The molecule has 34 heavy (non-hydrogen) atoms. The summed E-state index contributed by atoms with van der Waals surface area (Å²) in [7, 11) is -5.57. The zero-order valence-corrected chi connectivity index (χ0v) is 18.0. The summed E-state index contributed by atoms with van der Waals surface area (Å²) < 4.78 is 75.4. The molecule has 1 saturated carbocycles. The molecule has 0 atom stereocenters. The number of alkyl halides is 3. The number of imide groups is 1. The van der Waals surface area contributed by atoms with Crippen LogP contribution in [0.3, 0.4) is 0 Å². The van der Waals surface area contributed by atoms with Crippen LogP contribution in [0.4, 0.5) is 28.0 Å².